The van der Waals surface area contributed by atoms with E-state index >= 15 is 0 Å². The average molecular weight is 218 g/mol. The fourth-order valence-corrected chi connectivity index (χ4v) is 0.842. The van der Waals surface area contributed by atoms with Crippen molar-refractivity contribution < 1.29 is 0 Å². The molecule has 0 atom stereocenters. The third-order valence-corrected chi connectivity index (χ3v) is 1.96. The van der Waals surface area contributed by atoms with Crippen LogP contribution in [0.25, 0.3) is 0 Å². The number of likely N-dealkylation sites (N-methyl/N-ethyl adjacent to an activating group) is 2. The second kappa shape index (κ2) is 6.85. The first-order chi connectivity index (χ1) is 6.43. The SMILES string of the molecule is CC(=N/C=C(\C)Cl)N(C)CCN(C)C. The molecule has 0 amide bonds. The zero-order valence-electron chi connectivity index (χ0n) is 9.71. The lowest BCUT2D eigenvalue weighted by molar-refractivity contribution is 0.356. The topological polar surface area (TPSA) is 18.8 Å². The summed E-state index contributed by atoms with van der Waals surface area (Å²) in [6.45, 7) is 5.79. The van der Waals surface area contributed by atoms with Crippen molar-refractivity contribution in [3.63, 3.8) is 0 Å². The highest BCUT2D eigenvalue weighted by atomic mass is 35.5. The molecule has 0 aromatic heterocycles. The molecule has 0 N–H and O–H groups in total. The first-order valence-electron chi connectivity index (χ1n) is 4.66. The molecule has 0 aliphatic rings. The van der Waals surface area contributed by atoms with E-state index in [1.807, 2.05) is 20.9 Å². The molecule has 0 bridgehead atoms. The first kappa shape index (κ1) is 13.5. The van der Waals surface area contributed by atoms with E-state index < -0.39 is 0 Å². The number of hydrogen-bond acceptors (Lipinski definition) is 2. The Morgan fingerprint density at radius 2 is 1.79 bits per heavy atom. The molecular weight excluding hydrogens is 198 g/mol. The van der Waals surface area contributed by atoms with Crippen molar-refractivity contribution in [1.82, 2.24) is 9.80 Å². The molecular formula is C10H20ClN3. The molecule has 0 fully saturated rings. The van der Waals surface area contributed by atoms with Crippen molar-refractivity contribution in [3.8, 4) is 0 Å². The number of nitrogens with zero attached hydrogens (tertiary/aromatic N) is 3. The van der Waals surface area contributed by atoms with Gasteiger partial charge in [-0.15, -0.1) is 0 Å². The van der Waals surface area contributed by atoms with E-state index in [0.717, 1.165) is 18.9 Å². The van der Waals surface area contributed by atoms with Gasteiger partial charge in [-0.2, -0.15) is 0 Å². The van der Waals surface area contributed by atoms with Gasteiger partial charge in [0.15, 0.2) is 0 Å². The summed E-state index contributed by atoms with van der Waals surface area (Å²) >= 11 is 5.68. The van der Waals surface area contributed by atoms with E-state index in [-0.39, 0.29) is 0 Å². The van der Waals surface area contributed by atoms with E-state index in [2.05, 4.69) is 28.9 Å². The Labute approximate surface area is 92.1 Å². The lowest BCUT2D eigenvalue weighted by atomic mass is 10.5. The van der Waals surface area contributed by atoms with Gasteiger partial charge in [-0.25, -0.2) is 4.99 Å². The van der Waals surface area contributed by atoms with Crippen LogP contribution in [0.3, 0.4) is 0 Å². The molecule has 0 aliphatic carbocycles. The molecule has 0 aromatic rings. The van der Waals surface area contributed by atoms with Gasteiger partial charge in [0.1, 0.15) is 5.84 Å². The molecule has 3 nitrogen and oxygen atoms in total. The lowest BCUT2D eigenvalue weighted by Gasteiger charge is -2.20. The second-order valence-corrected chi connectivity index (χ2v) is 4.21. The molecule has 0 aromatic carbocycles. The number of halogens is 1. The predicted octanol–water partition coefficient (Wildman–Crippen LogP) is 2.00. The van der Waals surface area contributed by atoms with Gasteiger partial charge in [-0.05, 0) is 27.9 Å². The van der Waals surface area contributed by atoms with E-state index in [9.17, 15) is 0 Å². The largest absolute Gasteiger partial charge is 0.362 e. The van der Waals surface area contributed by atoms with Crippen molar-refractivity contribution in [1.29, 1.82) is 0 Å². The standard InChI is InChI=1S/C10H20ClN3/c1-9(11)8-12-10(2)14(5)7-6-13(3)4/h8H,6-7H2,1-5H3/b9-8+,12-10?. The van der Waals surface area contributed by atoms with Crippen LogP contribution in [0.2, 0.25) is 0 Å². The monoisotopic (exact) mass is 217 g/mol. The van der Waals surface area contributed by atoms with Gasteiger partial charge >= 0.3 is 0 Å². The van der Waals surface area contributed by atoms with Crippen LogP contribution in [0.5, 0.6) is 0 Å². The van der Waals surface area contributed by atoms with Crippen molar-refractivity contribution in [2.75, 3.05) is 34.2 Å². The summed E-state index contributed by atoms with van der Waals surface area (Å²) in [5, 5.41) is 0.699. The van der Waals surface area contributed by atoms with E-state index in [1.165, 1.54) is 0 Å². The summed E-state index contributed by atoms with van der Waals surface area (Å²) in [5.41, 5.74) is 0. The van der Waals surface area contributed by atoms with Gasteiger partial charge in [-0.1, -0.05) is 11.6 Å². The summed E-state index contributed by atoms with van der Waals surface area (Å²) in [5.74, 6) is 0.979. The zero-order chi connectivity index (χ0) is 11.1. The number of aliphatic imine (C=N–C) groups is 1. The highest BCUT2D eigenvalue weighted by Crippen LogP contribution is 1.98. The van der Waals surface area contributed by atoms with Crippen molar-refractivity contribution in [2.45, 2.75) is 13.8 Å². The van der Waals surface area contributed by atoms with Crippen molar-refractivity contribution >= 4 is 17.4 Å². The van der Waals surface area contributed by atoms with Gasteiger partial charge in [0.25, 0.3) is 0 Å². The van der Waals surface area contributed by atoms with Crippen LogP contribution in [0.4, 0.5) is 0 Å². The Balaban J connectivity index is 4.04. The fourth-order valence-electron chi connectivity index (χ4n) is 0.793. The maximum Gasteiger partial charge on any atom is 0.101 e. The number of allylic oxidation sites excluding steroid dienone is 1. The maximum absolute atomic E-state index is 5.68. The van der Waals surface area contributed by atoms with Crippen molar-refractivity contribution in [2.24, 2.45) is 4.99 Å². The first-order valence-corrected chi connectivity index (χ1v) is 5.04. The van der Waals surface area contributed by atoms with Crippen LogP contribution >= 0.6 is 11.6 Å². The predicted molar refractivity (Wildman–Crippen MR) is 63.9 cm³/mol. The minimum absolute atomic E-state index is 0.699. The molecule has 0 saturated heterocycles. The Bertz CT molecular complexity index is 217. The molecule has 14 heavy (non-hydrogen) atoms. The highest BCUT2D eigenvalue weighted by Gasteiger charge is 1.99. The number of rotatable bonds is 4. The molecule has 4 heteroatoms. The number of hydrogen-bond donors (Lipinski definition) is 0. The Morgan fingerprint density at radius 3 is 2.21 bits per heavy atom. The molecule has 0 saturated carbocycles. The summed E-state index contributed by atoms with van der Waals surface area (Å²) in [6.07, 6.45) is 1.67. The Kier molecular flexibility index (Phi) is 6.58. The minimum atomic E-state index is 0.699. The van der Waals surface area contributed by atoms with Gasteiger partial charge in [0.2, 0.25) is 0 Å². The van der Waals surface area contributed by atoms with Gasteiger partial charge in [0, 0.05) is 31.4 Å². The molecule has 0 aliphatic heterocycles. The maximum atomic E-state index is 5.68. The summed E-state index contributed by atoms with van der Waals surface area (Å²) in [4.78, 5) is 8.48. The zero-order valence-corrected chi connectivity index (χ0v) is 10.5. The van der Waals surface area contributed by atoms with Crippen molar-refractivity contribution in [3.05, 3.63) is 11.2 Å². The van der Waals surface area contributed by atoms with Crippen LogP contribution in [0, 0.1) is 0 Å². The van der Waals surface area contributed by atoms with Gasteiger partial charge in [-0.3, -0.25) is 0 Å². The lowest BCUT2D eigenvalue weighted by Crippen LogP contribution is -2.31. The third kappa shape index (κ3) is 6.92. The smallest absolute Gasteiger partial charge is 0.101 e. The van der Waals surface area contributed by atoms with Crippen LogP contribution in [0.15, 0.2) is 16.2 Å². The highest BCUT2D eigenvalue weighted by molar-refractivity contribution is 6.29. The molecule has 0 radical (unpaired) electrons. The van der Waals surface area contributed by atoms with E-state index in [4.69, 9.17) is 11.6 Å². The van der Waals surface area contributed by atoms with E-state index in [0.29, 0.717) is 5.03 Å². The van der Waals surface area contributed by atoms with Gasteiger partial charge < -0.3 is 9.80 Å². The summed E-state index contributed by atoms with van der Waals surface area (Å²) in [6, 6.07) is 0. The molecule has 0 rings (SSSR count). The molecule has 82 valence electrons. The Hall–Kier alpha value is -0.540. The molecule has 0 spiro atoms. The average Bonchev–Trinajstić information content (AvgIpc) is 2.09. The number of amidine groups is 1. The molecule has 0 heterocycles. The third-order valence-electron chi connectivity index (χ3n) is 1.86. The van der Waals surface area contributed by atoms with Crippen LogP contribution < -0.4 is 0 Å². The summed E-state index contributed by atoms with van der Waals surface area (Å²) in [7, 11) is 6.14. The van der Waals surface area contributed by atoms with Crippen LogP contribution in [-0.2, 0) is 0 Å². The fraction of sp³-hybridized carbons (Fsp3) is 0.700. The Morgan fingerprint density at radius 1 is 1.21 bits per heavy atom. The van der Waals surface area contributed by atoms with Gasteiger partial charge in [0.05, 0.1) is 0 Å². The van der Waals surface area contributed by atoms with Crippen LogP contribution in [0.1, 0.15) is 13.8 Å². The minimum Gasteiger partial charge on any atom is -0.362 e. The van der Waals surface area contributed by atoms with Crippen LogP contribution in [-0.4, -0.2) is 49.9 Å². The molecule has 0 unspecified atom stereocenters. The summed E-state index contributed by atoms with van der Waals surface area (Å²) < 4.78 is 0. The second-order valence-electron chi connectivity index (χ2n) is 3.62. The quantitative estimate of drug-likeness (QED) is 0.530. The normalized spacial score (nSPS) is 13.6. The van der Waals surface area contributed by atoms with E-state index in [1.54, 1.807) is 6.20 Å².